The summed E-state index contributed by atoms with van der Waals surface area (Å²) in [4.78, 5) is 48.5. The Labute approximate surface area is 261 Å². The van der Waals surface area contributed by atoms with Crippen LogP contribution in [0.4, 0.5) is 5.69 Å². The summed E-state index contributed by atoms with van der Waals surface area (Å²) in [6, 6.07) is 5.71. The summed E-state index contributed by atoms with van der Waals surface area (Å²) >= 11 is 12.0. The second-order valence-corrected chi connectivity index (χ2v) is 14.8. The number of thioether (sulfide) groups is 1. The van der Waals surface area contributed by atoms with E-state index in [1.54, 1.807) is 56.8 Å². The molecule has 0 aliphatic carbocycles. The average Bonchev–Trinajstić information content (AvgIpc) is 3.53. The van der Waals surface area contributed by atoms with Crippen LogP contribution in [0.15, 0.2) is 49.6 Å². The molecule has 0 aromatic heterocycles. The van der Waals surface area contributed by atoms with Gasteiger partial charge in [-0.25, -0.2) is 0 Å². The molecule has 1 N–H and O–H groups in total. The minimum Gasteiger partial charge on any atom is -0.394 e. The molecule has 3 amide bonds. The predicted molar refractivity (Wildman–Crippen MR) is 170 cm³/mol. The van der Waals surface area contributed by atoms with E-state index in [0.29, 0.717) is 36.6 Å². The number of anilines is 1. The van der Waals surface area contributed by atoms with Crippen LogP contribution in [-0.4, -0.2) is 85.8 Å². The molecule has 0 radical (unpaired) electrons. The second kappa shape index (κ2) is 13.2. The van der Waals surface area contributed by atoms with Crippen LogP contribution < -0.4 is 4.90 Å². The second-order valence-electron chi connectivity index (χ2n) is 11.6. The molecule has 10 heteroatoms. The number of alkyl halides is 1. The van der Waals surface area contributed by atoms with Gasteiger partial charge in [0, 0.05) is 29.7 Å². The van der Waals surface area contributed by atoms with Gasteiger partial charge >= 0.3 is 0 Å². The molecule has 3 aliphatic heterocycles. The van der Waals surface area contributed by atoms with Crippen molar-refractivity contribution in [2.45, 2.75) is 66.9 Å². The fourth-order valence-electron chi connectivity index (χ4n) is 7.02. The SMILES string of the molecule is C=CCN(CCC)C(=O)[C@H]1[C@H]2C(=O)N([C@@H](CO)CC(C)C)C(C(=O)N(CC=C)c3ccccc3Cl)C23CC(Br)[C@@H]1S3. The number of fused-ring (bicyclic) bond motifs is 1. The first kappa shape index (κ1) is 32.1. The maximum Gasteiger partial charge on any atom is 0.251 e. The molecule has 4 rings (SSSR count). The highest BCUT2D eigenvalue weighted by molar-refractivity contribution is 9.09. The van der Waals surface area contributed by atoms with Crippen molar-refractivity contribution in [1.82, 2.24) is 9.80 Å². The number of benzene rings is 1. The van der Waals surface area contributed by atoms with Crippen LogP contribution in [0.5, 0.6) is 0 Å². The summed E-state index contributed by atoms with van der Waals surface area (Å²) in [6.45, 7) is 14.7. The molecule has 2 bridgehead atoms. The molecule has 3 unspecified atom stereocenters. The first-order chi connectivity index (χ1) is 19.6. The van der Waals surface area contributed by atoms with E-state index < -0.39 is 28.7 Å². The molecule has 1 spiro atoms. The number of para-hydroxylation sites is 1. The smallest absolute Gasteiger partial charge is 0.251 e. The van der Waals surface area contributed by atoms with Gasteiger partial charge in [-0.3, -0.25) is 14.4 Å². The van der Waals surface area contributed by atoms with Crippen LogP contribution in [0.2, 0.25) is 5.02 Å². The van der Waals surface area contributed by atoms with E-state index in [4.69, 9.17) is 11.6 Å². The quantitative estimate of drug-likeness (QED) is 0.233. The zero-order valence-electron chi connectivity index (χ0n) is 24.0. The normalized spacial score (nSPS) is 29.0. The van der Waals surface area contributed by atoms with Crippen molar-refractivity contribution >= 4 is 62.7 Å². The van der Waals surface area contributed by atoms with Gasteiger partial charge in [0.05, 0.1) is 39.9 Å². The highest BCUT2D eigenvalue weighted by Gasteiger charge is 2.76. The Morgan fingerprint density at radius 1 is 1.24 bits per heavy atom. The van der Waals surface area contributed by atoms with Crippen molar-refractivity contribution in [1.29, 1.82) is 0 Å². The van der Waals surface area contributed by atoms with Crippen LogP contribution in [0.3, 0.4) is 0 Å². The van der Waals surface area contributed by atoms with Crippen molar-refractivity contribution in [2.24, 2.45) is 17.8 Å². The lowest BCUT2D eigenvalue weighted by Crippen LogP contribution is -2.58. The van der Waals surface area contributed by atoms with Crippen molar-refractivity contribution < 1.29 is 19.5 Å². The monoisotopic (exact) mass is 665 g/mol. The van der Waals surface area contributed by atoms with Gasteiger partial charge in [0.15, 0.2) is 0 Å². The zero-order valence-corrected chi connectivity index (χ0v) is 27.2. The van der Waals surface area contributed by atoms with E-state index in [-0.39, 0.29) is 46.9 Å². The molecule has 3 aliphatic rings. The number of aliphatic hydroxyl groups is 1. The highest BCUT2D eigenvalue weighted by Crippen LogP contribution is 2.68. The maximum atomic E-state index is 14.8. The van der Waals surface area contributed by atoms with Gasteiger partial charge in [0.1, 0.15) is 6.04 Å². The van der Waals surface area contributed by atoms with Gasteiger partial charge in [0.25, 0.3) is 5.91 Å². The van der Waals surface area contributed by atoms with E-state index in [2.05, 4.69) is 29.1 Å². The van der Waals surface area contributed by atoms with Crippen molar-refractivity contribution in [3.63, 3.8) is 0 Å². The van der Waals surface area contributed by atoms with Gasteiger partial charge in [-0.05, 0) is 37.3 Å². The van der Waals surface area contributed by atoms with Crippen LogP contribution in [0.25, 0.3) is 0 Å². The summed E-state index contributed by atoms with van der Waals surface area (Å²) in [5.74, 6) is -1.63. The van der Waals surface area contributed by atoms with Crippen molar-refractivity contribution in [2.75, 3.05) is 31.1 Å². The maximum absolute atomic E-state index is 14.8. The molecular formula is C31H41BrClN3O4S. The Kier molecular flexibility index (Phi) is 10.4. The highest BCUT2D eigenvalue weighted by atomic mass is 79.9. The third kappa shape index (κ3) is 5.64. The number of carbonyl (C=O) groups excluding carboxylic acids is 3. The zero-order chi connectivity index (χ0) is 30.1. The third-order valence-electron chi connectivity index (χ3n) is 8.47. The van der Waals surface area contributed by atoms with E-state index >= 15 is 0 Å². The fourth-order valence-corrected chi connectivity index (χ4v) is 10.8. The number of rotatable bonds is 13. The molecule has 224 valence electrons. The molecule has 41 heavy (non-hydrogen) atoms. The van der Waals surface area contributed by atoms with Gasteiger partial charge in [-0.2, -0.15) is 0 Å². The summed E-state index contributed by atoms with van der Waals surface area (Å²) in [5.41, 5.74) is 0.538. The van der Waals surface area contributed by atoms with Crippen LogP contribution in [0, 0.1) is 17.8 Å². The van der Waals surface area contributed by atoms with Gasteiger partial charge < -0.3 is 19.8 Å². The van der Waals surface area contributed by atoms with Crippen LogP contribution >= 0.6 is 39.3 Å². The molecule has 3 heterocycles. The van der Waals surface area contributed by atoms with Crippen LogP contribution in [0.1, 0.15) is 40.0 Å². The number of carbonyl (C=O) groups is 3. The average molecular weight is 667 g/mol. The number of hydrogen-bond donors (Lipinski definition) is 1. The van der Waals surface area contributed by atoms with E-state index in [1.165, 1.54) is 0 Å². The molecule has 3 saturated heterocycles. The van der Waals surface area contributed by atoms with Crippen LogP contribution in [-0.2, 0) is 14.4 Å². The molecule has 0 saturated carbocycles. The Hall–Kier alpha value is -1.81. The summed E-state index contributed by atoms with van der Waals surface area (Å²) in [7, 11) is 0. The van der Waals surface area contributed by atoms with E-state index in [9.17, 15) is 19.5 Å². The standard InChI is InChI=1S/C31H41BrClN3O4S/c1-6-13-34(14-7-2)28(38)24-25-29(39)36(20(18-37)16-19(4)5)27(31(25)17-21(32)26(24)41-31)30(40)35(15-8-3)23-12-10-9-11-22(23)33/h6,8-12,19-21,24-27,37H,1,3,7,13-18H2,2,4-5H3/t20-,21?,24+,25+,26+,27?,31?/m1/s1. The molecule has 1 aromatic carbocycles. The Bertz CT molecular complexity index is 1180. The fraction of sp³-hybridized carbons (Fsp3) is 0.581. The van der Waals surface area contributed by atoms with Gasteiger partial charge in [-0.1, -0.05) is 72.6 Å². The number of amides is 3. The molecule has 7 nitrogen and oxygen atoms in total. The molecular weight excluding hydrogens is 626 g/mol. The molecule has 3 fully saturated rings. The first-order valence-electron chi connectivity index (χ1n) is 14.4. The minimum absolute atomic E-state index is 0.0428. The lowest BCUT2D eigenvalue weighted by atomic mass is 9.70. The summed E-state index contributed by atoms with van der Waals surface area (Å²) < 4.78 is -0.829. The summed E-state index contributed by atoms with van der Waals surface area (Å²) in [6.07, 6.45) is 5.24. The number of nitrogens with zero attached hydrogens (tertiary/aromatic N) is 3. The Morgan fingerprint density at radius 3 is 2.51 bits per heavy atom. The van der Waals surface area contributed by atoms with E-state index in [1.807, 2.05) is 26.8 Å². The number of likely N-dealkylation sites (tertiary alicyclic amines) is 1. The molecule has 1 aromatic rings. The minimum atomic E-state index is -0.876. The van der Waals surface area contributed by atoms with Gasteiger partial charge in [-0.15, -0.1) is 24.9 Å². The first-order valence-corrected chi connectivity index (χ1v) is 16.6. The largest absolute Gasteiger partial charge is 0.394 e. The van der Waals surface area contributed by atoms with Gasteiger partial charge in [0.2, 0.25) is 11.8 Å². The van der Waals surface area contributed by atoms with E-state index in [0.717, 1.165) is 6.42 Å². The van der Waals surface area contributed by atoms with Crippen molar-refractivity contribution in [3.05, 3.63) is 54.6 Å². The third-order valence-corrected chi connectivity index (χ3v) is 12.0. The van der Waals surface area contributed by atoms with Crippen molar-refractivity contribution in [3.8, 4) is 0 Å². The Morgan fingerprint density at radius 2 is 1.93 bits per heavy atom. The number of halogens is 2. The topological polar surface area (TPSA) is 81.2 Å². The number of aliphatic hydroxyl groups excluding tert-OH is 1. The summed E-state index contributed by atoms with van der Waals surface area (Å²) in [5, 5.41) is 10.9. The Balaban J connectivity index is 1.86. The predicted octanol–water partition coefficient (Wildman–Crippen LogP) is 5.16. The molecule has 7 atom stereocenters. The lowest BCUT2D eigenvalue weighted by molar-refractivity contribution is -0.145. The lowest BCUT2D eigenvalue weighted by Gasteiger charge is -2.40. The number of hydrogen-bond acceptors (Lipinski definition) is 5.